The summed E-state index contributed by atoms with van der Waals surface area (Å²) >= 11 is 0. The zero-order chi connectivity index (χ0) is 14.5. The van der Waals surface area contributed by atoms with Gasteiger partial charge in [0.1, 0.15) is 11.9 Å². The molecule has 0 saturated carbocycles. The maximum absolute atomic E-state index is 9.37. The Morgan fingerprint density at radius 2 is 1.90 bits per heavy atom. The van der Waals surface area contributed by atoms with Crippen LogP contribution in [0.2, 0.25) is 0 Å². The molecular formula is C17H21NO2. The smallest absolute Gasteiger partial charge is 0.138 e. The molecule has 0 aromatic heterocycles. The van der Waals surface area contributed by atoms with Crippen LogP contribution in [0, 0.1) is 6.92 Å². The molecular weight excluding hydrogens is 250 g/mol. The second-order valence-corrected chi connectivity index (χ2v) is 5.08. The summed E-state index contributed by atoms with van der Waals surface area (Å²) in [5.41, 5.74) is 9.06. The van der Waals surface area contributed by atoms with Gasteiger partial charge in [0.15, 0.2) is 0 Å². The van der Waals surface area contributed by atoms with E-state index in [1.807, 2.05) is 56.3 Å². The molecule has 2 rings (SSSR count). The van der Waals surface area contributed by atoms with E-state index < -0.39 is 0 Å². The predicted octanol–water partition coefficient (Wildman–Crippen LogP) is 2.95. The van der Waals surface area contributed by atoms with Gasteiger partial charge in [-0.15, -0.1) is 0 Å². The van der Waals surface area contributed by atoms with Crippen LogP contribution in [0.4, 0.5) is 0 Å². The molecule has 0 saturated heterocycles. The first-order chi connectivity index (χ1) is 9.61. The van der Waals surface area contributed by atoms with Crippen molar-refractivity contribution in [2.75, 3.05) is 0 Å². The molecule has 0 spiro atoms. The molecule has 0 bridgehead atoms. The Bertz CT molecular complexity index is 566. The van der Waals surface area contributed by atoms with Gasteiger partial charge < -0.3 is 15.6 Å². The van der Waals surface area contributed by atoms with Crippen LogP contribution >= 0.6 is 0 Å². The Balaban J connectivity index is 2.31. The van der Waals surface area contributed by atoms with Gasteiger partial charge >= 0.3 is 0 Å². The lowest BCUT2D eigenvalue weighted by Crippen LogP contribution is -2.29. The number of benzene rings is 2. The highest BCUT2D eigenvalue weighted by atomic mass is 16.5. The number of aliphatic hydroxyl groups excluding tert-OH is 1. The van der Waals surface area contributed by atoms with E-state index in [0.717, 1.165) is 11.1 Å². The molecule has 0 heterocycles. The Kier molecular flexibility index (Phi) is 4.77. The molecule has 3 heteroatoms. The summed E-state index contributed by atoms with van der Waals surface area (Å²) in [5, 5.41) is 9.37. The van der Waals surface area contributed by atoms with Crippen molar-refractivity contribution in [1.29, 1.82) is 0 Å². The Morgan fingerprint density at radius 1 is 1.15 bits per heavy atom. The Hall–Kier alpha value is -1.84. The lowest BCUT2D eigenvalue weighted by Gasteiger charge is -2.24. The van der Waals surface area contributed by atoms with Crippen molar-refractivity contribution in [3.63, 3.8) is 0 Å². The van der Waals surface area contributed by atoms with Gasteiger partial charge in [-0.25, -0.2) is 0 Å². The van der Waals surface area contributed by atoms with Gasteiger partial charge in [-0.2, -0.15) is 0 Å². The van der Waals surface area contributed by atoms with Crippen LogP contribution in [0.5, 0.6) is 5.75 Å². The van der Waals surface area contributed by atoms with Gasteiger partial charge in [0.05, 0.1) is 6.61 Å². The number of aliphatic hydroxyl groups is 1. The number of hydrogen-bond acceptors (Lipinski definition) is 3. The zero-order valence-corrected chi connectivity index (χ0v) is 11.9. The van der Waals surface area contributed by atoms with Gasteiger partial charge in [-0.1, -0.05) is 48.0 Å². The van der Waals surface area contributed by atoms with E-state index in [9.17, 15) is 5.11 Å². The first-order valence-electron chi connectivity index (χ1n) is 6.79. The largest absolute Gasteiger partial charge is 0.484 e. The van der Waals surface area contributed by atoms with E-state index in [0.29, 0.717) is 5.75 Å². The van der Waals surface area contributed by atoms with Crippen molar-refractivity contribution in [2.24, 2.45) is 5.73 Å². The molecule has 106 valence electrons. The van der Waals surface area contributed by atoms with E-state index in [1.54, 1.807) is 0 Å². The summed E-state index contributed by atoms with van der Waals surface area (Å²) in [4.78, 5) is 0. The normalized spacial score (nSPS) is 13.8. The Labute approximate surface area is 120 Å². The summed E-state index contributed by atoms with van der Waals surface area (Å²) in [6.07, 6.45) is -0.234. The predicted molar refractivity (Wildman–Crippen MR) is 80.6 cm³/mol. The van der Waals surface area contributed by atoms with Gasteiger partial charge in [0.25, 0.3) is 0 Å². The summed E-state index contributed by atoms with van der Waals surface area (Å²) in [7, 11) is 0. The van der Waals surface area contributed by atoms with E-state index in [4.69, 9.17) is 10.5 Å². The fourth-order valence-electron chi connectivity index (χ4n) is 2.21. The van der Waals surface area contributed by atoms with Crippen molar-refractivity contribution in [3.8, 4) is 5.75 Å². The standard InChI is InChI=1S/C17H21NO2/c1-12-6-5-8-14(10-12)17(13(2)18)20-16-9-4-3-7-15(16)11-19/h3-10,13,17,19H,11,18H2,1-2H3. The molecule has 2 aromatic carbocycles. The highest BCUT2D eigenvalue weighted by Crippen LogP contribution is 2.27. The van der Waals surface area contributed by atoms with Crippen molar-refractivity contribution in [2.45, 2.75) is 32.6 Å². The van der Waals surface area contributed by atoms with Crippen LogP contribution in [0.3, 0.4) is 0 Å². The number of nitrogens with two attached hydrogens (primary N) is 1. The van der Waals surface area contributed by atoms with E-state index in [2.05, 4.69) is 6.07 Å². The second kappa shape index (κ2) is 6.55. The molecule has 20 heavy (non-hydrogen) atoms. The van der Waals surface area contributed by atoms with E-state index >= 15 is 0 Å². The van der Waals surface area contributed by atoms with Gasteiger partial charge in [0, 0.05) is 11.6 Å². The number of ether oxygens (including phenoxy) is 1. The Morgan fingerprint density at radius 3 is 2.55 bits per heavy atom. The lowest BCUT2D eigenvalue weighted by atomic mass is 10.0. The molecule has 3 N–H and O–H groups in total. The van der Waals surface area contributed by atoms with Crippen molar-refractivity contribution in [1.82, 2.24) is 0 Å². The minimum atomic E-state index is -0.234. The topological polar surface area (TPSA) is 55.5 Å². The van der Waals surface area contributed by atoms with E-state index in [-0.39, 0.29) is 18.8 Å². The second-order valence-electron chi connectivity index (χ2n) is 5.08. The molecule has 0 aliphatic carbocycles. The van der Waals surface area contributed by atoms with E-state index in [1.165, 1.54) is 5.56 Å². The molecule has 3 nitrogen and oxygen atoms in total. The molecule has 2 atom stereocenters. The van der Waals surface area contributed by atoms with Crippen molar-refractivity contribution < 1.29 is 9.84 Å². The third-order valence-electron chi connectivity index (χ3n) is 3.25. The van der Waals surface area contributed by atoms with Crippen LogP contribution in [-0.4, -0.2) is 11.1 Å². The minimum Gasteiger partial charge on any atom is -0.484 e. The molecule has 0 amide bonds. The quantitative estimate of drug-likeness (QED) is 0.879. The highest BCUT2D eigenvalue weighted by molar-refractivity contribution is 5.34. The fraction of sp³-hybridized carbons (Fsp3) is 0.294. The maximum atomic E-state index is 9.37. The average molecular weight is 271 g/mol. The van der Waals surface area contributed by atoms with Crippen LogP contribution in [0.15, 0.2) is 48.5 Å². The van der Waals surface area contributed by atoms with Gasteiger partial charge in [-0.05, 0) is 25.5 Å². The third-order valence-corrected chi connectivity index (χ3v) is 3.25. The SMILES string of the molecule is Cc1cccc(C(Oc2ccccc2CO)C(C)N)c1. The summed E-state index contributed by atoms with van der Waals surface area (Å²) < 4.78 is 6.05. The number of rotatable bonds is 5. The first kappa shape index (κ1) is 14.6. The average Bonchev–Trinajstić information content (AvgIpc) is 2.44. The first-order valence-corrected chi connectivity index (χ1v) is 6.79. The van der Waals surface area contributed by atoms with Crippen molar-refractivity contribution in [3.05, 3.63) is 65.2 Å². The number of para-hydroxylation sites is 1. The highest BCUT2D eigenvalue weighted by Gasteiger charge is 2.19. The molecule has 0 radical (unpaired) electrons. The van der Waals surface area contributed by atoms with Crippen LogP contribution in [0.1, 0.15) is 29.7 Å². The summed E-state index contributed by atoms with van der Waals surface area (Å²) in [6, 6.07) is 15.5. The molecule has 0 aliphatic rings. The van der Waals surface area contributed by atoms with Crippen LogP contribution in [-0.2, 0) is 6.61 Å². The third kappa shape index (κ3) is 3.38. The fourth-order valence-corrected chi connectivity index (χ4v) is 2.21. The van der Waals surface area contributed by atoms with Crippen LogP contribution in [0.25, 0.3) is 0 Å². The van der Waals surface area contributed by atoms with Gasteiger partial charge in [-0.3, -0.25) is 0 Å². The molecule has 2 aromatic rings. The van der Waals surface area contributed by atoms with Crippen LogP contribution < -0.4 is 10.5 Å². The minimum absolute atomic E-state index is 0.0460. The maximum Gasteiger partial charge on any atom is 0.138 e. The summed E-state index contributed by atoms with van der Waals surface area (Å²) in [5.74, 6) is 0.679. The summed E-state index contributed by atoms with van der Waals surface area (Å²) in [6.45, 7) is 3.92. The molecule has 0 fully saturated rings. The number of hydrogen-bond donors (Lipinski definition) is 2. The molecule has 2 unspecified atom stereocenters. The van der Waals surface area contributed by atoms with Gasteiger partial charge in [0.2, 0.25) is 0 Å². The lowest BCUT2D eigenvalue weighted by molar-refractivity contribution is 0.173. The number of aryl methyl sites for hydroxylation is 1. The monoisotopic (exact) mass is 271 g/mol. The van der Waals surface area contributed by atoms with Crippen molar-refractivity contribution >= 4 is 0 Å². The zero-order valence-electron chi connectivity index (χ0n) is 11.9. The molecule has 0 aliphatic heterocycles.